The largest absolute Gasteiger partial charge is 0.463 e. The molecule has 2 saturated heterocycles. The number of carbonyl (C=O) groups excluding carboxylic acids is 5. The van der Waals surface area contributed by atoms with Crippen molar-refractivity contribution >= 4 is 51.4 Å². The number of rotatable bonds is 18. The molecule has 2 aliphatic heterocycles. The van der Waals surface area contributed by atoms with Crippen LogP contribution in [0.5, 0.6) is 0 Å². The fraction of sp³-hybridized carbons (Fsp3) is 0.426. The number of esters is 5. The summed E-state index contributed by atoms with van der Waals surface area (Å²) in [6.45, 7) is 8.93. The third-order valence-electron chi connectivity index (χ3n) is 11.6. The lowest BCUT2D eigenvalue weighted by atomic mass is 9.95. The SMILES string of the molecule is CC(=O)OC[C@H]1O[C@@H](O[C@H]2[C@H](OCc3ccc4ccccc4c3)[C@@H](OCc3ccc4ccccc4c3)[C@H](OCc3ccccc3)O[C@@H]2COC(=O)C(C)(C)C)[C@H](OC(C)=O)[C@@H](OC(C)=O)[C@H]1OC(C)=O. The molecular weight excluding hydrogens is 905 g/mol. The van der Waals surface area contributed by atoms with Crippen molar-refractivity contribution in [1.29, 1.82) is 0 Å². The standard InChI is InChI=1S/C54H60O16/c1-32(55)60-30-43-46(65-33(2)56)48(66-34(3)57)50(67-35(4)58)52(69-43)70-45-44(31-64-53(59)54(5,6)7)68-51(63-27-36-15-9-8-10-16-36)49(62-29-38-22-24-40-18-12-14-20-42(40)26-38)47(45)61-28-37-21-23-39-17-11-13-19-41(39)25-37/h8-26,43-52H,27-31H2,1-7H3/t43-,44-,45-,46+,47+,48+,49-,50-,51-,52+/m1/s1. The molecule has 2 heterocycles. The summed E-state index contributed by atoms with van der Waals surface area (Å²) < 4.78 is 69.2. The van der Waals surface area contributed by atoms with Crippen LogP contribution in [-0.4, -0.2) is 104 Å². The summed E-state index contributed by atoms with van der Waals surface area (Å²) in [5, 5.41) is 4.03. The van der Waals surface area contributed by atoms with Crippen molar-refractivity contribution in [2.45, 2.75) is 130 Å². The summed E-state index contributed by atoms with van der Waals surface area (Å²) in [4.78, 5) is 64.0. The fourth-order valence-electron chi connectivity index (χ4n) is 8.30. The predicted octanol–water partition coefficient (Wildman–Crippen LogP) is 7.46. The number of ether oxygens (including phenoxy) is 11. The molecule has 10 atom stereocenters. The van der Waals surface area contributed by atoms with Gasteiger partial charge in [0.15, 0.2) is 30.9 Å². The molecule has 70 heavy (non-hydrogen) atoms. The maximum absolute atomic E-state index is 13.5. The second-order valence-electron chi connectivity index (χ2n) is 18.3. The second-order valence-corrected chi connectivity index (χ2v) is 18.3. The Morgan fingerprint density at radius 2 is 0.914 bits per heavy atom. The van der Waals surface area contributed by atoms with Crippen molar-refractivity contribution < 1.29 is 76.1 Å². The van der Waals surface area contributed by atoms with E-state index >= 15 is 0 Å². The summed E-state index contributed by atoms with van der Waals surface area (Å²) in [7, 11) is 0. The molecule has 0 N–H and O–H groups in total. The van der Waals surface area contributed by atoms with Crippen LogP contribution in [0.25, 0.3) is 21.5 Å². The molecule has 2 aliphatic rings. The average molecular weight is 965 g/mol. The first-order valence-electron chi connectivity index (χ1n) is 23.1. The Bertz CT molecular complexity index is 2590. The van der Waals surface area contributed by atoms with Gasteiger partial charge in [-0.3, -0.25) is 24.0 Å². The Hall–Kier alpha value is -6.27. The molecule has 0 spiro atoms. The van der Waals surface area contributed by atoms with Crippen LogP contribution >= 0.6 is 0 Å². The number of hydrogen-bond acceptors (Lipinski definition) is 16. The van der Waals surface area contributed by atoms with E-state index in [9.17, 15) is 24.0 Å². The van der Waals surface area contributed by atoms with Gasteiger partial charge in [0.25, 0.3) is 0 Å². The first-order valence-corrected chi connectivity index (χ1v) is 23.1. The van der Waals surface area contributed by atoms with Crippen LogP contribution in [0, 0.1) is 5.41 Å². The van der Waals surface area contributed by atoms with Gasteiger partial charge >= 0.3 is 29.8 Å². The topological polar surface area (TPSA) is 187 Å². The summed E-state index contributed by atoms with van der Waals surface area (Å²) >= 11 is 0. The highest BCUT2D eigenvalue weighted by atomic mass is 16.8. The first-order chi connectivity index (χ1) is 33.5. The van der Waals surface area contributed by atoms with Gasteiger partial charge in [0, 0.05) is 27.7 Å². The normalized spacial score (nSPS) is 24.6. The Morgan fingerprint density at radius 1 is 0.443 bits per heavy atom. The number of carbonyl (C=O) groups is 5. The van der Waals surface area contributed by atoms with Crippen LogP contribution in [0.15, 0.2) is 115 Å². The molecule has 5 aromatic carbocycles. The van der Waals surface area contributed by atoms with E-state index in [4.69, 9.17) is 52.1 Å². The lowest BCUT2D eigenvalue weighted by Crippen LogP contribution is -2.67. The van der Waals surface area contributed by atoms with Gasteiger partial charge in [0.2, 0.25) is 0 Å². The van der Waals surface area contributed by atoms with Crippen LogP contribution < -0.4 is 0 Å². The summed E-state index contributed by atoms with van der Waals surface area (Å²) in [6.07, 6.45) is -13.6. The molecule has 0 bridgehead atoms. The van der Waals surface area contributed by atoms with Crippen LogP contribution in [0.3, 0.4) is 0 Å². The zero-order valence-electron chi connectivity index (χ0n) is 40.3. The Balaban J connectivity index is 1.34. The van der Waals surface area contributed by atoms with Crippen LogP contribution in [0.2, 0.25) is 0 Å². The zero-order valence-corrected chi connectivity index (χ0v) is 40.3. The minimum absolute atomic E-state index is 0.00364. The Labute approximate surface area is 406 Å². The number of fused-ring (bicyclic) bond motifs is 2. The molecule has 0 radical (unpaired) electrons. The Kier molecular flexibility index (Phi) is 17.4. The van der Waals surface area contributed by atoms with Crippen LogP contribution in [0.1, 0.15) is 65.2 Å². The van der Waals surface area contributed by atoms with Gasteiger partial charge in [-0.15, -0.1) is 0 Å². The smallest absolute Gasteiger partial charge is 0.311 e. The van der Waals surface area contributed by atoms with Gasteiger partial charge in [-0.05, 0) is 71.1 Å². The third kappa shape index (κ3) is 13.7. The molecule has 0 aliphatic carbocycles. The van der Waals surface area contributed by atoms with Crippen molar-refractivity contribution in [3.8, 4) is 0 Å². The zero-order chi connectivity index (χ0) is 50.0. The van der Waals surface area contributed by atoms with E-state index in [1.165, 1.54) is 6.92 Å². The van der Waals surface area contributed by atoms with Crippen LogP contribution in [0.4, 0.5) is 0 Å². The van der Waals surface area contributed by atoms with E-state index < -0.39 is 110 Å². The first kappa shape index (κ1) is 51.6. The van der Waals surface area contributed by atoms with Gasteiger partial charge in [0.1, 0.15) is 43.7 Å². The van der Waals surface area contributed by atoms with E-state index in [1.54, 1.807) is 20.8 Å². The fourth-order valence-corrected chi connectivity index (χ4v) is 8.30. The molecule has 16 nitrogen and oxygen atoms in total. The number of hydrogen-bond donors (Lipinski definition) is 0. The van der Waals surface area contributed by atoms with Crippen molar-refractivity contribution in [3.63, 3.8) is 0 Å². The highest BCUT2D eigenvalue weighted by Gasteiger charge is 2.57. The van der Waals surface area contributed by atoms with Crippen molar-refractivity contribution in [3.05, 3.63) is 132 Å². The van der Waals surface area contributed by atoms with E-state index in [1.807, 2.05) is 115 Å². The highest BCUT2D eigenvalue weighted by Crippen LogP contribution is 2.37. The molecule has 0 unspecified atom stereocenters. The van der Waals surface area contributed by atoms with E-state index in [-0.39, 0.29) is 19.8 Å². The van der Waals surface area contributed by atoms with Gasteiger partial charge in [-0.2, -0.15) is 0 Å². The lowest BCUT2D eigenvalue weighted by Gasteiger charge is -2.49. The monoisotopic (exact) mass is 964 g/mol. The number of benzene rings is 5. The van der Waals surface area contributed by atoms with E-state index in [0.717, 1.165) is 59.0 Å². The van der Waals surface area contributed by atoms with Gasteiger partial charge in [-0.1, -0.05) is 103 Å². The molecule has 7 rings (SSSR count). The molecule has 0 aromatic heterocycles. The van der Waals surface area contributed by atoms with E-state index in [0.29, 0.717) is 0 Å². The van der Waals surface area contributed by atoms with Crippen LogP contribution in [-0.2, 0) is 95.9 Å². The predicted molar refractivity (Wildman–Crippen MR) is 252 cm³/mol. The van der Waals surface area contributed by atoms with Gasteiger partial charge < -0.3 is 52.1 Å². The third-order valence-corrected chi connectivity index (χ3v) is 11.6. The molecule has 5 aromatic rings. The van der Waals surface area contributed by atoms with Gasteiger partial charge in [0.05, 0.1) is 25.2 Å². The van der Waals surface area contributed by atoms with Gasteiger partial charge in [-0.25, -0.2) is 0 Å². The minimum atomic E-state index is -1.68. The highest BCUT2D eigenvalue weighted by molar-refractivity contribution is 5.83. The maximum atomic E-state index is 13.5. The molecule has 0 amide bonds. The van der Waals surface area contributed by atoms with Crippen molar-refractivity contribution in [1.82, 2.24) is 0 Å². The second kappa shape index (κ2) is 23.6. The van der Waals surface area contributed by atoms with Crippen molar-refractivity contribution in [2.24, 2.45) is 5.41 Å². The maximum Gasteiger partial charge on any atom is 0.311 e. The lowest BCUT2D eigenvalue weighted by molar-refractivity contribution is -0.369. The molecular formula is C54H60O16. The summed E-state index contributed by atoms with van der Waals surface area (Å²) in [5.74, 6) is -3.69. The minimum Gasteiger partial charge on any atom is -0.463 e. The summed E-state index contributed by atoms with van der Waals surface area (Å²) in [5.41, 5.74) is 1.53. The average Bonchev–Trinajstić information content (AvgIpc) is 3.32. The quantitative estimate of drug-likeness (QED) is 0.0621. The Morgan fingerprint density at radius 3 is 1.47 bits per heavy atom. The molecule has 0 saturated carbocycles. The van der Waals surface area contributed by atoms with Crippen molar-refractivity contribution in [2.75, 3.05) is 13.2 Å². The molecule has 16 heteroatoms. The van der Waals surface area contributed by atoms with E-state index in [2.05, 4.69) is 0 Å². The molecule has 372 valence electrons. The molecule has 2 fully saturated rings. The summed E-state index contributed by atoms with van der Waals surface area (Å²) in [6, 6.07) is 37.2.